The van der Waals surface area contributed by atoms with Crippen LogP contribution in [0.15, 0.2) is 78.9 Å². The van der Waals surface area contributed by atoms with Crippen LogP contribution in [0, 0.1) is 0 Å². The molecule has 174 valence electrons. The molecule has 6 nitrogen and oxygen atoms in total. The van der Waals surface area contributed by atoms with Crippen molar-refractivity contribution in [1.29, 1.82) is 0 Å². The summed E-state index contributed by atoms with van der Waals surface area (Å²) in [7, 11) is 1.36. The second-order valence-corrected chi connectivity index (χ2v) is 8.51. The number of carbonyl (C=O) groups is 3. The van der Waals surface area contributed by atoms with E-state index in [9.17, 15) is 14.4 Å². The lowest BCUT2D eigenvalue weighted by Crippen LogP contribution is -2.47. The lowest BCUT2D eigenvalue weighted by Gasteiger charge is -2.43. The molecule has 3 aromatic rings. The van der Waals surface area contributed by atoms with Crippen molar-refractivity contribution in [1.82, 2.24) is 0 Å². The molecular formula is C28H28N2O4. The zero-order valence-electron chi connectivity index (χ0n) is 19.6. The number of hydrogen-bond donors (Lipinski definition) is 0. The van der Waals surface area contributed by atoms with Gasteiger partial charge in [0.1, 0.15) is 0 Å². The molecule has 0 saturated heterocycles. The van der Waals surface area contributed by atoms with Gasteiger partial charge < -0.3 is 14.5 Å². The molecule has 0 aromatic heterocycles. The Hall–Kier alpha value is -3.93. The van der Waals surface area contributed by atoms with Gasteiger partial charge in [-0.15, -0.1) is 0 Å². The predicted octanol–water partition coefficient (Wildman–Crippen LogP) is 4.94. The van der Waals surface area contributed by atoms with E-state index >= 15 is 0 Å². The Morgan fingerprint density at radius 1 is 0.941 bits per heavy atom. The second kappa shape index (κ2) is 9.91. The number of amides is 2. The Balaban J connectivity index is 1.70. The van der Waals surface area contributed by atoms with E-state index in [1.54, 1.807) is 11.8 Å². The quantitative estimate of drug-likeness (QED) is 0.511. The third-order valence-corrected chi connectivity index (χ3v) is 6.24. The zero-order valence-corrected chi connectivity index (χ0v) is 19.6. The minimum absolute atomic E-state index is 0.0551. The number of ether oxygens (including phenoxy) is 1. The number of carbonyl (C=O) groups excluding carboxylic acids is 3. The average molecular weight is 457 g/mol. The summed E-state index contributed by atoms with van der Waals surface area (Å²) in [6, 6.07) is 24.1. The molecule has 2 atom stereocenters. The molecule has 1 heterocycles. The third-order valence-electron chi connectivity index (χ3n) is 6.24. The minimum Gasteiger partial charge on any atom is -0.469 e. The predicted molar refractivity (Wildman–Crippen MR) is 132 cm³/mol. The Bertz CT molecular complexity index is 1190. The van der Waals surface area contributed by atoms with Crippen molar-refractivity contribution in [3.8, 4) is 0 Å². The molecule has 6 heteroatoms. The van der Waals surface area contributed by atoms with E-state index < -0.39 is 0 Å². The third kappa shape index (κ3) is 4.57. The smallest absolute Gasteiger partial charge is 0.309 e. The fourth-order valence-corrected chi connectivity index (χ4v) is 4.65. The maximum atomic E-state index is 13.4. The molecule has 0 fully saturated rings. The SMILES string of the molecule is COC(=O)Cc1ccc(N(C(C)=O)C2CC(C)N(C(=O)c3ccccc3)c3ccccc32)cc1. The van der Waals surface area contributed by atoms with Crippen molar-refractivity contribution in [2.75, 3.05) is 16.9 Å². The van der Waals surface area contributed by atoms with Gasteiger partial charge in [-0.05, 0) is 54.8 Å². The first-order chi connectivity index (χ1) is 16.4. The summed E-state index contributed by atoms with van der Waals surface area (Å²) in [5.41, 5.74) is 3.94. The van der Waals surface area contributed by atoms with Crippen molar-refractivity contribution < 1.29 is 19.1 Å². The number of para-hydroxylation sites is 1. The first-order valence-electron chi connectivity index (χ1n) is 11.3. The first-order valence-corrected chi connectivity index (χ1v) is 11.3. The van der Waals surface area contributed by atoms with Gasteiger partial charge in [0.05, 0.1) is 19.6 Å². The number of hydrogen-bond acceptors (Lipinski definition) is 4. The van der Waals surface area contributed by atoms with Crippen molar-refractivity contribution in [2.24, 2.45) is 0 Å². The van der Waals surface area contributed by atoms with Gasteiger partial charge in [0.15, 0.2) is 0 Å². The van der Waals surface area contributed by atoms with Crippen LogP contribution in [0.3, 0.4) is 0 Å². The molecular weight excluding hydrogens is 428 g/mol. The van der Waals surface area contributed by atoms with E-state index in [4.69, 9.17) is 4.74 Å². The molecule has 3 aromatic carbocycles. The maximum absolute atomic E-state index is 13.4. The number of anilines is 2. The number of esters is 1. The van der Waals surface area contributed by atoms with Crippen LogP contribution in [-0.4, -0.2) is 30.9 Å². The highest BCUT2D eigenvalue weighted by molar-refractivity contribution is 6.07. The summed E-state index contributed by atoms with van der Waals surface area (Å²) in [5, 5.41) is 0. The molecule has 2 amide bonds. The van der Waals surface area contributed by atoms with Crippen LogP contribution < -0.4 is 9.80 Å². The van der Waals surface area contributed by atoms with Gasteiger partial charge in [0, 0.05) is 29.9 Å². The lowest BCUT2D eigenvalue weighted by molar-refractivity contribution is -0.139. The summed E-state index contributed by atoms with van der Waals surface area (Å²) in [4.78, 5) is 41.5. The Labute approximate surface area is 199 Å². The molecule has 0 N–H and O–H groups in total. The molecule has 0 radical (unpaired) electrons. The summed E-state index contributed by atoms with van der Waals surface area (Å²) in [5.74, 6) is -0.453. The van der Waals surface area contributed by atoms with Crippen LogP contribution in [0.25, 0.3) is 0 Å². The average Bonchev–Trinajstić information content (AvgIpc) is 2.85. The van der Waals surface area contributed by atoms with Crippen LogP contribution in [-0.2, 0) is 20.7 Å². The van der Waals surface area contributed by atoms with Gasteiger partial charge in [-0.2, -0.15) is 0 Å². The molecule has 1 aliphatic rings. The van der Waals surface area contributed by atoms with Crippen LogP contribution >= 0.6 is 0 Å². The molecule has 4 rings (SSSR count). The Morgan fingerprint density at radius 3 is 2.24 bits per heavy atom. The van der Waals surface area contributed by atoms with Crippen molar-refractivity contribution in [3.05, 3.63) is 95.6 Å². The fraction of sp³-hybridized carbons (Fsp3) is 0.250. The van der Waals surface area contributed by atoms with E-state index in [0.29, 0.717) is 12.0 Å². The highest BCUT2D eigenvalue weighted by Gasteiger charge is 2.38. The van der Waals surface area contributed by atoms with Gasteiger partial charge in [-0.1, -0.05) is 48.5 Å². The van der Waals surface area contributed by atoms with Gasteiger partial charge in [-0.25, -0.2) is 0 Å². The molecule has 34 heavy (non-hydrogen) atoms. The Kier molecular flexibility index (Phi) is 6.77. The topological polar surface area (TPSA) is 66.9 Å². The lowest BCUT2D eigenvalue weighted by atomic mass is 9.89. The highest BCUT2D eigenvalue weighted by atomic mass is 16.5. The van der Waals surface area contributed by atoms with Crippen LogP contribution in [0.4, 0.5) is 11.4 Å². The maximum Gasteiger partial charge on any atom is 0.309 e. The van der Waals surface area contributed by atoms with E-state index in [1.165, 1.54) is 7.11 Å². The Morgan fingerprint density at radius 2 is 1.59 bits per heavy atom. The number of rotatable bonds is 5. The summed E-state index contributed by atoms with van der Waals surface area (Å²) in [6.45, 7) is 3.57. The summed E-state index contributed by atoms with van der Waals surface area (Å²) < 4.78 is 4.74. The van der Waals surface area contributed by atoms with Crippen LogP contribution in [0.5, 0.6) is 0 Å². The normalized spacial score (nSPS) is 17.0. The molecule has 2 unspecified atom stereocenters. The number of nitrogens with zero attached hydrogens (tertiary/aromatic N) is 2. The zero-order chi connectivity index (χ0) is 24.2. The van der Waals surface area contributed by atoms with Crippen molar-refractivity contribution in [2.45, 2.75) is 38.8 Å². The van der Waals surface area contributed by atoms with E-state index in [-0.39, 0.29) is 36.3 Å². The van der Waals surface area contributed by atoms with Crippen LogP contribution in [0.2, 0.25) is 0 Å². The fourth-order valence-electron chi connectivity index (χ4n) is 4.65. The molecule has 0 spiro atoms. The van der Waals surface area contributed by atoms with Gasteiger partial charge in [0.2, 0.25) is 5.91 Å². The van der Waals surface area contributed by atoms with E-state index in [0.717, 1.165) is 22.5 Å². The van der Waals surface area contributed by atoms with Gasteiger partial charge in [0.25, 0.3) is 5.91 Å². The van der Waals surface area contributed by atoms with E-state index in [1.807, 2.05) is 90.7 Å². The van der Waals surface area contributed by atoms with E-state index in [2.05, 4.69) is 0 Å². The molecule has 0 saturated carbocycles. The largest absolute Gasteiger partial charge is 0.469 e. The van der Waals surface area contributed by atoms with Crippen LogP contribution in [0.1, 0.15) is 47.8 Å². The molecule has 0 bridgehead atoms. The highest BCUT2D eigenvalue weighted by Crippen LogP contribution is 2.42. The number of methoxy groups -OCH3 is 1. The van der Waals surface area contributed by atoms with Gasteiger partial charge >= 0.3 is 5.97 Å². The number of fused-ring (bicyclic) bond motifs is 1. The molecule has 1 aliphatic heterocycles. The monoisotopic (exact) mass is 456 g/mol. The molecule has 0 aliphatic carbocycles. The van der Waals surface area contributed by atoms with Crippen molar-refractivity contribution >= 4 is 29.2 Å². The summed E-state index contributed by atoms with van der Waals surface area (Å²) in [6.07, 6.45) is 0.774. The minimum atomic E-state index is -0.311. The summed E-state index contributed by atoms with van der Waals surface area (Å²) >= 11 is 0. The standard InChI is InChI=1S/C28H28N2O4/c1-19-17-26(30(20(2)31)23-15-13-21(14-16-23)18-27(32)34-3)24-11-7-8-12-25(24)29(19)28(33)22-9-5-4-6-10-22/h4-16,19,26H,17-18H2,1-3H3. The van der Waals surface area contributed by atoms with Gasteiger partial charge in [-0.3, -0.25) is 14.4 Å². The second-order valence-electron chi connectivity index (χ2n) is 8.51. The first kappa shape index (κ1) is 23.2. The van der Waals surface area contributed by atoms with Crippen molar-refractivity contribution in [3.63, 3.8) is 0 Å². The number of benzene rings is 3.